The molecule has 0 aliphatic heterocycles. The Morgan fingerprint density at radius 1 is 1.12 bits per heavy atom. The highest BCUT2D eigenvalue weighted by Crippen LogP contribution is 2.24. The SMILES string of the molecule is CCOC(=O)c1nn(-c2ccc([N+](=O)[O-])cc2)cc1OCC(=O)N(CC)c1ccccc1C. The molecule has 172 valence electrons. The van der Waals surface area contributed by atoms with Crippen molar-refractivity contribution in [1.82, 2.24) is 9.78 Å². The molecule has 0 N–H and O–H groups in total. The summed E-state index contributed by atoms with van der Waals surface area (Å²) in [4.78, 5) is 37.2. The average Bonchev–Trinajstić information content (AvgIpc) is 3.24. The van der Waals surface area contributed by atoms with Crippen molar-refractivity contribution in [1.29, 1.82) is 0 Å². The summed E-state index contributed by atoms with van der Waals surface area (Å²) in [6.45, 7) is 5.70. The molecule has 3 rings (SSSR count). The van der Waals surface area contributed by atoms with E-state index >= 15 is 0 Å². The maximum atomic E-state index is 12.9. The zero-order valence-electron chi connectivity index (χ0n) is 18.6. The van der Waals surface area contributed by atoms with Gasteiger partial charge in [-0.15, -0.1) is 0 Å². The van der Waals surface area contributed by atoms with Crippen molar-refractivity contribution in [3.8, 4) is 11.4 Å². The first-order valence-corrected chi connectivity index (χ1v) is 10.4. The van der Waals surface area contributed by atoms with Gasteiger partial charge in [0.1, 0.15) is 0 Å². The highest BCUT2D eigenvalue weighted by molar-refractivity contribution is 5.95. The van der Waals surface area contributed by atoms with E-state index in [1.54, 1.807) is 11.8 Å². The third-order valence-corrected chi connectivity index (χ3v) is 4.85. The predicted molar refractivity (Wildman–Crippen MR) is 121 cm³/mol. The number of aryl methyl sites for hydroxylation is 1. The van der Waals surface area contributed by atoms with Crippen molar-refractivity contribution >= 4 is 23.3 Å². The molecule has 2 aromatic carbocycles. The molecular weight excluding hydrogens is 428 g/mol. The number of carbonyl (C=O) groups excluding carboxylic acids is 2. The summed E-state index contributed by atoms with van der Waals surface area (Å²) < 4.78 is 12.1. The molecule has 0 fully saturated rings. The Balaban J connectivity index is 1.85. The van der Waals surface area contributed by atoms with Gasteiger partial charge in [-0.1, -0.05) is 18.2 Å². The van der Waals surface area contributed by atoms with Crippen LogP contribution in [-0.4, -0.2) is 46.3 Å². The molecule has 0 radical (unpaired) electrons. The van der Waals surface area contributed by atoms with Gasteiger partial charge in [-0.3, -0.25) is 14.9 Å². The number of hydrogen-bond acceptors (Lipinski definition) is 7. The van der Waals surface area contributed by atoms with E-state index in [4.69, 9.17) is 9.47 Å². The van der Waals surface area contributed by atoms with Crippen molar-refractivity contribution < 1.29 is 24.0 Å². The van der Waals surface area contributed by atoms with Crippen molar-refractivity contribution in [3.05, 3.63) is 76.1 Å². The molecule has 0 saturated heterocycles. The van der Waals surface area contributed by atoms with Gasteiger partial charge in [0.15, 0.2) is 12.4 Å². The molecule has 33 heavy (non-hydrogen) atoms. The first kappa shape index (κ1) is 23.5. The van der Waals surface area contributed by atoms with Crippen LogP contribution in [0.4, 0.5) is 11.4 Å². The van der Waals surface area contributed by atoms with Crippen LogP contribution < -0.4 is 9.64 Å². The van der Waals surface area contributed by atoms with E-state index < -0.39 is 10.9 Å². The Morgan fingerprint density at radius 2 is 1.82 bits per heavy atom. The molecule has 1 amide bonds. The molecule has 1 aromatic heterocycles. The van der Waals surface area contributed by atoms with Crippen molar-refractivity contribution in [2.75, 3.05) is 24.7 Å². The number of nitro benzene ring substituents is 1. The van der Waals surface area contributed by atoms with Gasteiger partial charge in [-0.25, -0.2) is 9.48 Å². The van der Waals surface area contributed by atoms with Crippen LogP contribution in [0.5, 0.6) is 5.75 Å². The maximum absolute atomic E-state index is 12.9. The number of nitrogens with zero attached hydrogens (tertiary/aromatic N) is 4. The monoisotopic (exact) mass is 452 g/mol. The quantitative estimate of drug-likeness (QED) is 0.276. The standard InChI is InChI=1S/C23H24N4O6/c1-4-25(19-9-7-6-8-16(19)3)21(28)15-33-20-14-26(24-22(20)23(29)32-5-2)17-10-12-18(13-11-17)27(30)31/h6-14H,4-5,15H2,1-3H3. The number of aromatic nitrogens is 2. The summed E-state index contributed by atoms with van der Waals surface area (Å²) in [5.41, 5.74) is 2.03. The summed E-state index contributed by atoms with van der Waals surface area (Å²) in [6.07, 6.45) is 1.44. The number of amides is 1. The van der Waals surface area contributed by atoms with Gasteiger partial charge in [-0.2, -0.15) is 5.10 Å². The number of para-hydroxylation sites is 1. The Hall–Kier alpha value is -4.21. The lowest BCUT2D eigenvalue weighted by atomic mass is 10.2. The number of hydrogen-bond donors (Lipinski definition) is 0. The van der Waals surface area contributed by atoms with Gasteiger partial charge in [0.2, 0.25) is 5.69 Å². The molecule has 0 saturated carbocycles. The number of likely N-dealkylation sites (N-methyl/N-ethyl adjacent to an activating group) is 1. The lowest BCUT2D eigenvalue weighted by Gasteiger charge is -2.22. The number of esters is 1. The maximum Gasteiger partial charge on any atom is 0.362 e. The molecule has 3 aromatic rings. The first-order chi connectivity index (χ1) is 15.8. The summed E-state index contributed by atoms with van der Waals surface area (Å²) >= 11 is 0. The molecule has 0 atom stereocenters. The highest BCUT2D eigenvalue weighted by Gasteiger charge is 2.23. The molecule has 0 spiro atoms. The molecule has 10 nitrogen and oxygen atoms in total. The smallest absolute Gasteiger partial charge is 0.362 e. The van der Waals surface area contributed by atoms with Gasteiger partial charge < -0.3 is 14.4 Å². The van der Waals surface area contributed by atoms with Crippen LogP contribution in [0.25, 0.3) is 5.69 Å². The molecule has 0 bridgehead atoms. The second-order valence-electron chi connectivity index (χ2n) is 6.99. The Labute approximate surface area is 190 Å². The van der Waals surface area contributed by atoms with Crippen LogP contribution in [0, 0.1) is 17.0 Å². The number of rotatable bonds is 9. The minimum absolute atomic E-state index is 0.0704. The van der Waals surface area contributed by atoms with E-state index in [1.165, 1.54) is 35.1 Å². The lowest BCUT2D eigenvalue weighted by Crippen LogP contribution is -2.35. The minimum atomic E-state index is -0.702. The van der Waals surface area contributed by atoms with E-state index in [9.17, 15) is 19.7 Å². The summed E-state index contributed by atoms with van der Waals surface area (Å²) in [6, 6.07) is 13.2. The molecular formula is C23H24N4O6. The third kappa shape index (κ3) is 5.35. The van der Waals surface area contributed by atoms with Crippen LogP contribution in [0.1, 0.15) is 29.9 Å². The Kier molecular flexibility index (Phi) is 7.39. The fraction of sp³-hybridized carbons (Fsp3) is 0.261. The summed E-state index contributed by atoms with van der Waals surface area (Å²) in [5, 5.41) is 15.1. The molecule has 0 aliphatic rings. The lowest BCUT2D eigenvalue weighted by molar-refractivity contribution is -0.384. The topological polar surface area (TPSA) is 117 Å². The normalized spacial score (nSPS) is 10.5. The van der Waals surface area contributed by atoms with Crippen LogP contribution in [0.3, 0.4) is 0 Å². The number of non-ortho nitro benzene ring substituents is 1. The molecule has 0 unspecified atom stereocenters. The van der Waals surface area contributed by atoms with Gasteiger partial charge >= 0.3 is 5.97 Å². The molecule has 10 heteroatoms. The average molecular weight is 452 g/mol. The van der Waals surface area contributed by atoms with Crippen LogP contribution in [-0.2, 0) is 9.53 Å². The van der Waals surface area contributed by atoms with Crippen LogP contribution >= 0.6 is 0 Å². The predicted octanol–water partition coefficient (Wildman–Crippen LogP) is 3.70. The van der Waals surface area contributed by atoms with Crippen LogP contribution in [0.15, 0.2) is 54.7 Å². The summed E-state index contributed by atoms with van der Waals surface area (Å²) in [7, 11) is 0. The van der Waals surface area contributed by atoms with E-state index in [0.717, 1.165) is 11.3 Å². The number of benzene rings is 2. The fourth-order valence-corrected chi connectivity index (χ4v) is 3.23. The number of anilines is 1. The number of ether oxygens (including phenoxy) is 2. The van der Waals surface area contributed by atoms with Gasteiger partial charge in [0, 0.05) is 24.4 Å². The molecule has 0 aliphatic carbocycles. The van der Waals surface area contributed by atoms with Crippen molar-refractivity contribution in [2.24, 2.45) is 0 Å². The second kappa shape index (κ2) is 10.4. The highest BCUT2D eigenvalue weighted by atomic mass is 16.6. The van der Waals surface area contributed by atoms with E-state index in [-0.39, 0.29) is 36.3 Å². The third-order valence-electron chi connectivity index (χ3n) is 4.85. The van der Waals surface area contributed by atoms with Crippen molar-refractivity contribution in [3.63, 3.8) is 0 Å². The Bertz CT molecular complexity index is 1160. The first-order valence-electron chi connectivity index (χ1n) is 10.4. The van der Waals surface area contributed by atoms with Crippen LogP contribution in [0.2, 0.25) is 0 Å². The summed E-state index contributed by atoms with van der Waals surface area (Å²) in [5.74, 6) is -0.919. The number of carbonyl (C=O) groups is 2. The van der Waals surface area contributed by atoms with Gasteiger partial charge in [-0.05, 0) is 44.5 Å². The second-order valence-corrected chi connectivity index (χ2v) is 6.99. The Morgan fingerprint density at radius 3 is 2.42 bits per heavy atom. The van der Waals surface area contributed by atoms with Crippen molar-refractivity contribution in [2.45, 2.75) is 20.8 Å². The largest absolute Gasteiger partial charge is 0.479 e. The van der Waals surface area contributed by atoms with Gasteiger partial charge in [0.05, 0.1) is 23.4 Å². The van der Waals surface area contributed by atoms with E-state index in [1.807, 2.05) is 38.1 Å². The minimum Gasteiger partial charge on any atom is -0.479 e. The van der Waals surface area contributed by atoms with E-state index in [0.29, 0.717) is 12.2 Å². The van der Waals surface area contributed by atoms with Gasteiger partial charge in [0.25, 0.3) is 11.6 Å². The van der Waals surface area contributed by atoms with E-state index in [2.05, 4.69) is 5.10 Å². The zero-order chi connectivity index (χ0) is 24.0. The number of nitro groups is 1. The zero-order valence-corrected chi connectivity index (χ0v) is 18.6. The molecule has 1 heterocycles. The fourth-order valence-electron chi connectivity index (χ4n) is 3.23.